The molecule has 0 bridgehead atoms. The molecule has 0 aromatic rings. The minimum atomic E-state index is 0.554. The third kappa shape index (κ3) is 1.11. The molecule has 1 fully saturated rings. The van der Waals surface area contributed by atoms with Crippen LogP contribution in [0.2, 0.25) is 0 Å². The molecule has 0 nitrogen and oxygen atoms in total. The molecule has 0 heteroatoms. The first-order valence-electron chi connectivity index (χ1n) is 4.89. The normalized spacial score (nSPS) is 49.6. The fourth-order valence-electron chi connectivity index (χ4n) is 2.68. The lowest BCUT2D eigenvalue weighted by atomic mass is 9.76. The Hall–Kier alpha value is 0. The van der Waals surface area contributed by atoms with Crippen molar-refractivity contribution >= 4 is 0 Å². The zero-order valence-electron chi connectivity index (χ0n) is 8.81. The van der Waals surface area contributed by atoms with Crippen LogP contribution in [0.1, 0.15) is 41.5 Å². The van der Waals surface area contributed by atoms with Gasteiger partial charge in [-0.3, -0.25) is 0 Å². The Morgan fingerprint density at radius 2 is 1.00 bits per heavy atom. The Morgan fingerprint density at radius 1 is 0.727 bits per heavy atom. The van der Waals surface area contributed by atoms with Crippen molar-refractivity contribution in [3.05, 3.63) is 0 Å². The van der Waals surface area contributed by atoms with Crippen molar-refractivity contribution in [3.63, 3.8) is 0 Å². The molecule has 0 aromatic carbocycles. The predicted octanol–water partition coefficient (Wildman–Crippen LogP) is 3.57. The van der Waals surface area contributed by atoms with Crippen LogP contribution in [-0.2, 0) is 0 Å². The third-order valence-electron chi connectivity index (χ3n) is 4.75. The fourth-order valence-corrected chi connectivity index (χ4v) is 2.68. The summed E-state index contributed by atoms with van der Waals surface area (Å²) in [7, 11) is 0. The number of hydrogen-bond acceptors (Lipinski definition) is 0. The average molecular weight is 154 g/mol. The number of rotatable bonds is 0. The monoisotopic (exact) mass is 154 g/mol. The van der Waals surface area contributed by atoms with Crippen LogP contribution in [0.15, 0.2) is 0 Å². The van der Waals surface area contributed by atoms with Gasteiger partial charge in [-0.05, 0) is 29.1 Å². The molecule has 0 aliphatic heterocycles. The number of hydrogen-bond donors (Lipinski definition) is 0. The molecule has 4 atom stereocenters. The smallest absolute Gasteiger partial charge is 0.0298 e. The van der Waals surface area contributed by atoms with Crippen LogP contribution in [0, 0.1) is 29.1 Å². The van der Waals surface area contributed by atoms with Gasteiger partial charge in [-0.25, -0.2) is 0 Å². The first-order valence-corrected chi connectivity index (χ1v) is 4.89. The summed E-state index contributed by atoms with van der Waals surface area (Å²) in [5.74, 6) is 3.57. The Morgan fingerprint density at radius 3 is 1.09 bits per heavy atom. The van der Waals surface area contributed by atoms with Crippen LogP contribution in [0.4, 0.5) is 0 Å². The molecule has 0 heterocycles. The molecule has 0 saturated heterocycles. The highest BCUT2D eigenvalue weighted by molar-refractivity contribution is 4.95. The van der Waals surface area contributed by atoms with Gasteiger partial charge in [0, 0.05) is 0 Å². The lowest BCUT2D eigenvalue weighted by Crippen LogP contribution is -2.22. The van der Waals surface area contributed by atoms with E-state index in [0.717, 1.165) is 23.7 Å². The maximum absolute atomic E-state index is 2.42. The Bertz CT molecular complexity index is 130. The SMILES string of the molecule is CC1C(C)C(C)C(C)(C)C1C. The molecular weight excluding hydrogens is 132 g/mol. The summed E-state index contributed by atoms with van der Waals surface area (Å²) in [4.78, 5) is 0. The Kier molecular flexibility index (Phi) is 2.07. The van der Waals surface area contributed by atoms with E-state index in [1.807, 2.05) is 0 Å². The Labute approximate surface area is 71.4 Å². The van der Waals surface area contributed by atoms with Crippen LogP contribution in [-0.4, -0.2) is 0 Å². The predicted molar refractivity (Wildman–Crippen MR) is 50.4 cm³/mol. The Balaban J connectivity index is 2.87. The van der Waals surface area contributed by atoms with Crippen LogP contribution in [0.3, 0.4) is 0 Å². The van der Waals surface area contributed by atoms with E-state index in [0.29, 0.717) is 5.41 Å². The molecule has 0 spiro atoms. The largest absolute Gasteiger partial charge is 0.0620 e. The summed E-state index contributed by atoms with van der Waals surface area (Å²) >= 11 is 0. The molecule has 0 N–H and O–H groups in total. The first-order chi connectivity index (χ1) is 4.89. The van der Waals surface area contributed by atoms with Gasteiger partial charge >= 0.3 is 0 Å². The molecule has 1 rings (SSSR count). The van der Waals surface area contributed by atoms with Crippen molar-refractivity contribution in [1.29, 1.82) is 0 Å². The lowest BCUT2D eigenvalue weighted by Gasteiger charge is -2.30. The van der Waals surface area contributed by atoms with E-state index in [9.17, 15) is 0 Å². The van der Waals surface area contributed by atoms with Gasteiger partial charge in [0.15, 0.2) is 0 Å². The van der Waals surface area contributed by atoms with Gasteiger partial charge in [0.1, 0.15) is 0 Å². The van der Waals surface area contributed by atoms with Gasteiger partial charge in [0.25, 0.3) is 0 Å². The average Bonchev–Trinajstić information content (AvgIpc) is 2.06. The van der Waals surface area contributed by atoms with Crippen molar-refractivity contribution in [2.75, 3.05) is 0 Å². The van der Waals surface area contributed by atoms with E-state index in [1.54, 1.807) is 0 Å². The maximum Gasteiger partial charge on any atom is -0.0298 e. The van der Waals surface area contributed by atoms with Crippen molar-refractivity contribution in [3.8, 4) is 0 Å². The second kappa shape index (κ2) is 2.50. The standard InChI is InChI=1S/C11H22/c1-7-8(2)10(4)11(5,6)9(7)3/h7-10H,1-6H3. The van der Waals surface area contributed by atoms with Crippen molar-refractivity contribution < 1.29 is 0 Å². The molecule has 0 amide bonds. The lowest BCUT2D eigenvalue weighted by molar-refractivity contribution is 0.193. The summed E-state index contributed by atoms with van der Waals surface area (Å²) in [6.07, 6.45) is 0. The van der Waals surface area contributed by atoms with Gasteiger partial charge < -0.3 is 0 Å². The van der Waals surface area contributed by atoms with E-state index in [-0.39, 0.29) is 0 Å². The molecule has 0 radical (unpaired) electrons. The molecule has 1 aliphatic rings. The van der Waals surface area contributed by atoms with Gasteiger partial charge in [0.2, 0.25) is 0 Å². The van der Waals surface area contributed by atoms with E-state index in [2.05, 4.69) is 41.5 Å². The van der Waals surface area contributed by atoms with Gasteiger partial charge in [-0.1, -0.05) is 41.5 Å². The highest BCUT2D eigenvalue weighted by Gasteiger charge is 2.46. The van der Waals surface area contributed by atoms with Gasteiger partial charge in [-0.2, -0.15) is 0 Å². The highest BCUT2D eigenvalue weighted by Crippen LogP contribution is 2.53. The first kappa shape index (κ1) is 9.09. The van der Waals surface area contributed by atoms with Crippen LogP contribution in [0.5, 0.6) is 0 Å². The highest BCUT2D eigenvalue weighted by atomic mass is 14.5. The van der Waals surface area contributed by atoms with Crippen LogP contribution < -0.4 is 0 Å². The molecule has 11 heavy (non-hydrogen) atoms. The molecule has 66 valence electrons. The summed E-state index contributed by atoms with van der Waals surface area (Å²) in [5.41, 5.74) is 0.554. The van der Waals surface area contributed by atoms with Crippen molar-refractivity contribution in [2.24, 2.45) is 29.1 Å². The van der Waals surface area contributed by atoms with E-state index in [1.165, 1.54) is 0 Å². The fraction of sp³-hybridized carbons (Fsp3) is 1.00. The maximum atomic E-state index is 2.42. The van der Waals surface area contributed by atoms with Crippen molar-refractivity contribution in [2.45, 2.75) is 41.5 Å². The summed E-state index contributed by atoms with van der Waals surface area (Å²) < 4.78 is 0. The van der Waals surface area contributed by atoms with Gasteiger partial charge in [0.05, 0.1) is 0 Å². The van der Waals surface area contributed by atoms with E-state index >= 15 is 0 Å². The molecule has 1 saturated carbocycles. The zero-order valence-corrected chi connectivity index (χ0v) is 8.81. The van der Waals surface area contributed by atoms with E-state index < -0.39 is 0 Å². The molecular formula is C11H22. The van der Waals surface area contributed by atoms with E-state index in [4.69, 9.17) is 0 Å². The summed E-state index contributed by atoms with van der Waals surface area (Å²) in [6, 6.07) is 0. The topological polar surface area (TPSA) is 0 Å². The molecule has 0 aromatic heterocycles. The summed E-state index contributed by atoms with van der Waals surface area (Å²) in [6.45, 7) is 14.5. The second-order valence-electron chi connectivity index (χ2n) is 5.12. The van der Waals surface area contributed by atoms with Crippen molar-refractivity contribution in [1.82, 2.24) is 0 Å². The third-order valence-corrected chi connectivity index (χ3v) is 4.75. The van der Waals surface area contributed by atoms with Crippen LogP contribution >= 0.6 is 0 Å². The molecule has 1 aliphatic carbocycles. The van der Waals surface area contributed by atoms with Gasteiger partial charge in [-0.15, -0.1) is 0 Å². The molecule has 4 unspecified atom stereocenters. The minimum absolute atomic E-state index is 0.554. The minimum Gasteiger partial charge on any atom is -0.0620 e. The quantitative estimate of drug-likeness (QED) is 0.500. The summed E-state index contributed by atoms with van der Waals surface area (Å²) in [5, 5.41) is 0. The van der Waals surface area contributed by atoms with Crippen LogP contribution in [0.25, 0.3) is 0 Å². The zero-order chi connectivity index (χ0) is 8.81. The second-order valence-corrected chi connectivity index (χ2v) is 5.12.